The summed E-state index contributed by atoms with van der Waals surface area (Å²) < 4.78 is 5.60. The zero-order valence-corrected chi connectivity index (χ0v) is 10.2. The highest BCUT2D eigenvalue weighted by molar-refractivity contribution is 6.34. The summed E-state index contributed by atoms with van der Waals surface area (Å²) in [6, 6.07) is 3.63. The van der Waals surface area contributed by atoms with E-state index in [1.165, 1.54) is 6.42 Å². The van der Waals surface area contributed by atoms with Crippen molar-refractivity contribution in [3.63, 3.8) is 0 Å². The van der Waals surface area contributed by atoms with E-state index in [0.29, 0.717) is 22.9 Å². The zero-order chi connectivity index (χ0) is 12.1. The molecular weight excluding hydrogens is 238 g/mol. The third kappa shape index (κ3) is 3.09. The lowest BCUT2D eigenvalue weighted by molar-refractivity contribution is 0.0247. The average molecular weight is 252 g/mol. The molecule has 90 valence electrons. The molecule has 17 heavy (non-hydrogen) atoms. The predicted octanol–water partition coefficient (Wildman–Crippen LogP) is 2.59. The predicted molar refractivity (Wildman–Crippen MR) is 66.0 cm³/mol. The summed E-state index contributed by atoms with van der Waals surface area (Å²) in [5, 5.41) is 12.4. The van der Waals surface area contributed by atoms with Gasteiger partial charge in [0.05, 0.1) is 11.7 Å². The van der Waals surface area contributed by atoms with Crippen molar-refractivity contribution in [2.75, 3.05) is 18.5 Å². The first-order valence-corrected chi connectivity index (χ1v) is 6.09. The molecule has 1 N–H and O–H groups in total. The second-order valence-corrected chi connectivity index (χ2v) is 4.38. The zero-order valence-electron chi connectivity index (χ0n) is 9.45. The minimum absolute atomic E-state index is 0.215. The van der Waals surface area contributed by atoms with E-state index in [9.17, 15) is 0 Å². The van der Waals surface area contributed by atoms with Crippen molar-refractivity contribution in [2.24, 2.45) is 0 Å². The lowest BCUT2D eigenvalue weighted by Crippen LogP contribution is -2.27. The van der Waals surface area contributed by atoms with Crippen LogP contribution in [-0.4, -0.2) is 24.2 Å². The number of nitriles is 1. The number of hydrogen-bond acceptors (Lipinski definition) is 4. The summed E-state index contributed by atoms with van der Waals surface area (Å²) in [7, 11) is 0. The van der Waals surface area contributed by atoms with Gasteiger partial charge >= 0.3 is 0 Å². The Hall–Kier alpha value is -1.31. The topological polar surface area (TPSA) is 57.9 Å². The monoisotopic (exact) mass is 251 g/mol. The van der Waals surface area contributed by atoms with Crippen LogP contribution in [0.25, 0.3) is 0 Å². The molecule has 0 radical (unpaired) electrons. The van der Waals surface area contributed by atoms with Crippen molar-refractivity contribution in [3.8, 4) is 6.07 Å². The van der Waals surface area contributed by atoms with Crippen molar-refractivity contribution >= 4 is 17.4 Å². The largest absolute Gasteiger partial charge is 0.376 e. The van der Waals surface area contributed by atoms with Gasteiger partial charge in [-0.1, -0.05) is 11.6 Å². The molecule has 1 aliphatic heterocycles. The molecule has 0 aliphatic carbocycles. The Morgan fingerprint density at radius 2 is 2.47 bits per heavy atom. The maximum absolute atomic E-state index is 8.85. The van der Waals surface area contributed by atoms with Gasteiger partial charge in [-0.3, -0.25) is 0 Å². The molecule has 1 aromatic rings. The molecule has 1 atom stereocenters. The first kappa shape index (κ1) is 12.2. The van der Waals surface area contributed by atoms with E-state index in [4.69, 9.17) is 21.6 Å². The highest BCUT2D eigenvalue weighted by Crippen LogP contribution is 2.23. The molecular formula is C12H14ClN3O. The van der Waals surface area contributed by atoms with Gasteiger partial charge < -0.3 is 10.1 Å². The third-order valence-electron chi connectivity index (χ3n) is 2.78. The number of nitrogens with one attached hydrogen (secondary N) is 1. The van der Waals surface area contributed by atoms with Gasteiger partial charge in [0.25, 0.3) is 0 Å². The van der Waals surface area contributed by atoms with E-state index in [2.05, 4.69) is 10.3 Å². The number of nitrogens with zero attached hydrogens (tertiary/aromatic N) is 2. The molecule has 1 fully saturated rings. The normalized spacial score (nSPS) is 19.6. The summed E-state index contributed by atoms with van der Waals surface area (Å²) >= 11 is 6.04. The van der Waals surface area contributed by atoms with Gasteiger partial charge in [-0.2, -0.15) is 5.26 Å². The summed E-state index contributed by atoms with van der Waals surface area (Å²) in [5.41, 5.74) is 0.439. The number of halogens is 1. The van der Waals surface area contributed by atoms with Crippen LogP contribution in [0.3, 0.4) is 0 Å². The summed E-state index contributed by atoms with van der Waals surface area (Å²) in [6.07, 6.45) is 5.19. The van der Waals surface area contributed by atoms with E-state index in [-0.39, 0.29) is 6.10 Å². The summed E-state index contributed by atoms with van der Waals surface area (Å²) in [6.45, 7) is 1.51. The molecule has 4 nitrogen and oxygen atoms in total. The Labute approximate surface area is 106 Å². The quantitative estimate of drug-likeness (QED) is 0.897. The fourth-order valence-electron chi connectivity index (χ4n) is 1.83. The number of aromatic nitrogens is 1. The summed E-state index contributed by atoms with van der Waals surface area (Å²) in [4.78, 5) is 4.12. The van der Waals surface area contributed by atoms with Crippen LogP contribution in [-0.2, 0) is 4.74 Å². The van der Waals surface area contributed by atoms with E-state index < -0.39 is 0 Å². The molecule has 1 aromatic heterocycles. The Balaban J connectivity index is 1.96. The van der Waals surface area contributed by atoms with Gasteiger partial charge in [-0.15, -0.1) is 0 Å². The second-order valence-electron chi connectivity index (χ2n) is 4.00. The summed E-state index contributed by atoms with van der Waals surface area (Å²) in [5.74, 6) is 0.555. The molecule has 2 heterocycles. The Kier molecular flexibility index (Phi) is 4.18. The number of rotatable bonds is 3. The van der Waals surface area contributed by atoms with Gasteiger partial charge in [0.1, 0.15) is 16.9 Å². The fourth-order valence-corrected chi connectivity index (χ4v) is 2.05. The number of hydrogen-bond donors (Lipinski definition) is 1. The van der Waals surface area contributed by atoms with Crippen LogP contribution in [0.15, 0.2) is 12.3 Å². The van der Waals surface area contributed by atoms with Crippen molar-refractivity contribution in [3.05, 3.63) is 22.8 Å². The first-order chi connectivity index (χ1) is 8.31. The van der Waals surface area contributed by atoms with Crippen LogP contribution >= 0.6 is 11.6 Å². The van der Waals surface area contributed by atoms with Gasteiger partial charge in [-0.25, -0.2) is 4.98 Å². The van der Waals surface area contributed by atoms with Crippen molar-refractivity contribution < 1.29 is 4.74 Å². The minimum atomic E-state index is 0.215. The third-order valence-corrected chi connectivity index (χ3v) is 3.16. The highest BCUT2D eigenvalue weighted by atomic mass is 35.5. The minimum Gasteiger partial charge on any atom is -0.376 e. The van der Waals surface area contributed by atoms with E-state index in [0.717, 1.165) is 19.4 Å². The molecule has 0 spiro atoms. The highest BCUT2D eigenvalue weighted by Gasteiger charge is 2.14. The van der Waals surface area contributed by atoms with Crippen molar-refractivity contribution in [2.45, 2.75) is 25.4 Å². The molecule has 5 heteroatoms. The van der Waals surface area contributed by atoms with Crippen LogP contribution in [0.1, 0.15) is 24.8 Å². The Morgan fingerprint density at radius 3 is 3.18 bits per heavy atom. The number of pyridine rings is 1. The van der Waals surface area contributed by atoms with E-state index in [1.54, 1.807) is 12.3 Å². The van der Waals surface area contributed by atoms with Crippen LogP contribution in [0.5, 0.6) is 0 Å². The van der Waals surface area contributed by atoms with Gasteiger partial charge in [0, 0.05) is 19.3 Å². The standard InChI is InChI=1S/C12H14ClN3O/c13-11-9(7-14)4-5-15-12(11)16-8-10-3-1-2-6-17-10/h4-5,10H,1-3,6,8H2,(H,15,16). The van der Waals surface area contributed by atoms with Gasteiger partial charge in [0.2, 0.25) is 0 Å². The molecule has 2 rings (SSSR count). The molecule has 0 bridgehead atoms. The lowest BCUT2D eigenvalue weighted by Gasteiger charge is -2.23. The molecule has 1 unspecified atom stereocenters. The Morgan fingerprint density at radius 1 is 1.59 bits per heavy atom. The van der Waals surface area contributed by atoms with Crippen LogP contribution in [0, 0.1) is 11.3 Å². The SMILES string of the molecule is N#Cc1ccnc(NCC2CCCCO2)c1Cl. The van der Waals surface area contributed by atoms with Crippen LogP contribution in [0.4, 0.5) is 5.82 Å². The van der Waals surface area contributed by atoms with E-state index in [1.807, 2.05) is 6.07 Å². The Bertz CT molecular complexity index is 424. The maximum atomic E-state index is 8.85. The molecule has 1 saturated heterocycles. The second kappa shape index (κ2) is 5.85. The first-order valence-electron chi connectivity index (χ1n) is 5.71. The van der Waals surface area contributed by atoms with Crippen molar-refractivity contribution in [1.82, 2.24) is 4.98 Å². The lowest BCUT2D eigenvalue weighted by atomic mass is 10.1. The molecule has 0 aromatic carbocycles. The fraction of sp³-hybridized carbons (Fsp3) is 0.500. The smallest absolute Gasteiger partial charge is 0.146 e. The van der Waals surface area contributed by atoms with Crippen LogP contribution in [0.2, 0.25) is 5.02 Å². The molecule has 0 amide bonds. The average Bonchev–Trinajstić information content (AvgIpc) is 2.39. The number of ether oxygens (including phenoxy) is 1. The molecule has 0 saturated carbocycles. The maximum Gasteiger partial charge on any atom is 0.146 e. The number of anilines is 1. The molecule has 1 aliphatic rings. The van der Waals surface area contributed by atoms with Gasteiger partial charge in [-0.05, 0) is 25.3 Å². The van der Waals surface area contributed by atoms with Crippen LogP contribution < -0.4 is 5.32 Å². The van der Waals surface area contributed by atoms with E-state index >= 15 is 0 Å². The van der Waals surface area contributed by atoms with Gasteiger partial charge in [0.15, 0.2) is 0 Å². The van der Waals surface area contributed by atoms with Crippen molar-refractivity contribution in [1.29, 1.82) is 5.26 Å².